The molecule has 1 N–H and O–H groups in total. The fourth-order valence-corrected chi connectivity index (χ4v) is 3.24. The van der Waals surface area contributed by atoms with Crippen molar-refractivity contribution in [3.63, 3.8) is 0 Å². The standard InChI is InChI=1S/C18H21NO5S/c1-3-19-25(21,22)16-9-6-8-15(13-16)18(20)24-12-11-23-17-10-5-4-7-14(17)2/h4-10,13,19H,3,11-12H2,1-2H3. The van der Waals surface area contributed by atoms with Crippen molar-refractivity contribution in [1.29, 1.82) is 0 Å². The van der Waals surface area contributed by atoms with Crippen molar-refractivity contribution in [2.75, 3.05) is 19.8 Å². The molecule has 134 valence electrons. The lowest BCUT2D eigenvalue weighted by Gasteiger charge is -2.10. The third kappa shape index (κ3) is 5.30. The minimum absolute atomic E-state index is 0.0277. The Morgan fingerprint density at radius 3 is 2.56 bits per heavy atom. The second-order valence-corrected chi connectivity index (χ2v) is 7.05. The Hall–Kier alpha value is -2.38. The smallest absolute Gasteiger partial charge is 0.338 e. The number of benzene rings is 2. The van der Waals surface area contributed by atoms with E-state index in [2.05, 4.69) is 4.72 Å². The maximum Gasteiger partial charge on any atom is 0.338 e. The van der Waals surface area contributed by atoms with Gasteiger partial charge in [0.25, 0.3) is 0 Å². The summed E-state index contributed by atoms with van der Waals surface area (Å²) in [5, 5.41) is 0. The van der Waals surface area contributed by atoms with Gasteiger partial charge in [-0.1, -0.05) is 31.2 Å². The van der Waals surface area contributed by atoms with Crippen molar-refractivity contribution in [2.24, 2.45) is 0 Å². The van der Waals surface area contributed by atoms with Gasteiger partial charge in [-0.3, -0.25) is 0 Å². The first kappa shape index (κ1) is 19.0. The van der Waals surface area contributed by atoms with Gasteiger partial charge in [0.15, 0.2) is 0 Å². The van der Waals surface area contributed by atoms with E-state index in [1.165, 1.54) is 24.3 Å². The average molecular weight is 363 g/mol. The van der Waals surface area contributed by atoms with E-state index in [0.717, 1.165) is 11.3 Å². The molecule has 0 aliphatic heterocycles. The Balaban J connectivity index is 1.92. The number of nitrogens with one attached hydrogen (secondary N) is 1. The van der Waals surface area contributed by atoms with Gasteiger partial charge in [-0.25, -0.2) is 17.9 Å². The van der Waals surface area contributed by atoms with Gasteiger partial charge in [0, 0.05) is 6.54 Å². The van der Waals surface area contributed by atoms with Crippen LogP contribution in [0.1, 0.15) is 22.8 Å². The van der Waals surface area contributed by atoms with E-state index >= 15 is 0 Å². The largest absolute Gasteiger partial charge is 0.490 e. The summed E-state index contributed by atoms with van der Waals surface area (Å²) in [5.74, 6) is 0.138. The number of ether oxygens (including phenoxy) is 2. The predicted molar refractivity (Wildman–Crippen MR) is 94.3 cm³/mol. The summed E-state index contributed by atoms with van der Waals surface area (Å²) in [4.78, 5) is 12.1. The van der Waals surface area contributed by atoms with E-state index < -0.39 is 16.0 Å². The molecule has 6 nitrogen and oxygen atoms in total. The molecule has 2 aromatic rings. The van der Waals surface area contributed by atoms with Crippen LogP contribution in [0.4, 0.5) is 0 Å². The molecule has 0 fully saturated rings. The molecule has 0 amide bonds. The zero-order valence-electron chi connectivity index (χ0n) is 14.2. The van der Waals surface area contributed by atoms with Crippen molar-refractivity contribution < 1.29 is 22.7 Å². The molecule has 0 aromatic heterocycles. The fraction of sp³-hybridized carbons (Fsp3) is 0.278. The molecular weight excluding hydrogens is 342 g/mol. The van der Waals surface area contributed by atoms with Gasteiger partial charge in [0.05, 0.1) is 10.5 Å². The molecule has 0 atom stereocenters. The Labute approximate surface area is 147 Å². The number of esters is 1. The number of carbonyl (C=O) groups is 1. The second-order valence-electron chi connectivity index (χ2n) is 5.28. The maximum atomic E-state index is 12.1. The van der Waals surface area contributed by atoms with Crippen LogP contribution in [0.2, 0.25) is 0 Å². The highest BCUT2D eigenvalue weighted by Crippen LogP contribution is 2.16. The molecule has 0 saturated carbocycles. The van der Waals surface area contributed by atoms with Crippen molar-refractivity contribution in [3.05, 3.63) is 59.7 Å². The first-order valence-electron chi connectivity index (χ1n) is 7.89. The minimum Gasteiger partial charge on any atom is -0.490 e. The number of hydrogen-bond donors (Lipinski definition) is 1. The highest BCUT2D eigenvalue weighted by Gasteiger charge is 2.15. The van der Waals surface area contributed by atoms with Gasteiger partial charge < -0.3 is 9.47 Å². The van der Waals surface area contributed by atoms with Gasteiger partial charge in [0.1, 0.15) is 19.0 Å². The predicted octanol–water partition coefficient (Wildman–Crippen LogP) is 2.53. The fourth-order valence-electron chi connectivity index (χ4n) is 2.15. The topological polar surface area (TPSA) is 81.7 Å². The number of hydrogen-bond acceptors (Lipinski definition) is 5. The van der Waals surface area contributed by atoms with Crippen LogP contribution in [0.25, 0.3) is 0 Å². The molecule has 2 rings (SSSR count). The Kier molecular flexibility index (Phi) is 6.55. The highest BCUT2D eigenvalue weighted by atomic mass is 32.2. The van der Waals surface area contributed by atoms with Crippen LogP contribution in [0, 0.1) is 6.92 Å². The van der Waals surface area contributed by atoms with E-state index in [-0.39, 0.29) is 30.2 Å². The molecule has 0 aliphatic carbocycles. The van der Waals surface area contributed by atoms with Crippen molar-refractivity contribution in [2.45, 2.75) is 18.7 Å². The molecule has 0 heterocycles. The number of rotatable bonds is 8. The molecular formula is C18H21NO5S. The lowest BCUT2D eigenvalue weighted by Crippen LogP contribution is -2.23. The first-order chi connectivity index (χ1) is 11.9. The monoisotopic (exact) mass is 363 g/mol. The maximum absolute atomic E-state index is 12.1. The van der Waals surface area contributed by atoms with Crippen molar-refractivity contribution in [1.82, 2.24) is 4.72 Å². The molecule has 0 saturated heterocycles. The van der Waals surface area contributed by atoms with Gasteiger partial charge in [-0.05, 0) is 36.8 Å². The van der Waals surface area contributed by atoms with Crippen LogP contribution >= 0.6 is 0 Å². The summed E-state index contributed by atoms with van der Waals surface area (Å²) in [5.41, 5.74) is 1.17. The van der Waals surface area contributed by atoms with Crippen LogP contribution in [-0.4, -0.2) is 34.1 Å². The summed E-state index contributed by atoms with van der Waals surface area (Å²) >= 11 is 0. The van der Waals surface area contributed by atoms with Gasteiger partial charge in [-0.15, -0.1) is 0 Å². The Morgan fingerprint density at radius 2 is 1.84 bits per heavy atom. The number of aryl methyl sites for hydroxylation is 1. The number of sulfonamides is 1. The highest BCUT2D eigenvalue weighted by molar-refractivity contribution is 7.89. The zero-order valence-corrected chi connectivity index (χ0v) is 15.0. The van der Waals surface area contributed by atoms with E-state index in [4.69, 9.17) is 9.47 Å². The number of para-hydroxylation sites is 1. The first-order valence-corrected chi connectivity index (χ1v) is 9.37. The molecule has 7 heteroatoms. The van der Waals surface area contributed by atoms with E-state index in [1.54, 1.807) is 6.92 Å². The lowest BCUT2D eigenvalue weighted by molar-refractivity contribution is 0.0450. The van der Waals surface area contributed by atoms with Crippen LogP contribution < -0.4 is 9.46 Å². The average Bonchev–Trinajstić information content (AvgIpc) is 2.60. The van der Waals surface area contributed by atoms with Gasteiger partial charge in [-0.2, -0.15) is 0 Å². The van der Waals surface area contributed by atoms with Gasteiger partial charge >= 0.3 is 5.97 Å². The van der Waals surface area contributed by atoms with E-state index in [9.17, 15) is 13.2 Å². The molecule has 0 radical (unpaired) electrons. The quantitative estimate of drug-likeness (QED) is 0.576. The summed E-state index contributed by atoms with van der Waals surface area (Å²) in [6.07, 6.45) is 0. The van der Waals surface area contributed by atoms with Crippen LogP contribution in [0.5, 0.6) is 5.75 Å². The summed E-state index contributed by atoms with van der Waals surface area (Å²) in [6.45, 7) is 4.16. The summed E-state index contributed by atoms with van der Waals surface area (Å²) in [7, 11) is -3.61. The molecule has 0 aliphatic rings. The van der Waals surface area contributed by atoms with Crippen molar-refractivity contribution in [3.8, 4) is 5.75 Å². The molecule has 0 unspecified atom stereocenters. The Morgan fingerprint density at radius 1 is 1.08 bits per heavy atom. The molecule has 25 heavy (non-hydrogen) atoms. The third-order valence-corrected chi connectivity index (χ3v) is 4.93. The van der Waals surface area contributed by atoms with Crippen molar-refractivity contribution >= 4 is 16.0 Å². The lowest BCUT2D eigenvalue weighted by atomic mass is 10.2. The number of carbonyl (C=O) groups excluding carboxylic acids is 1. The van der Waals surface area contributed by atoms with Crippen LogP contribution in [0.3, 0.4) is 0 Å². The van der Waals surface area contributed by atoms with E-state index in [1.807, 2.05) is 31.2 Å². The van der Waals surface area contributed by atoms with Crippen LogP contribution in [-0.2, 0) is 14.8 Å². The summed E-state index contributed by atoms with van der Waals surface area (Å²) in [6, 6.07) is 13.3. The zero-order chi connectivity index (χ0) is 18.3. The molecule has 2 aromatic carbocycles. The summed E-state index contributed by atoms with van der Waals surface area (Å²) < 4.78 is 37.0. The Bertz CT molecular complexity index is 833. The molecule has 0 spiro atoms. The van der Waals surface area contributed by atoms with Gasteiger partial charge in [0.2, 0.25) is 10.0 Å². The molecule has 0 bridgehead atoms. The normalized spacial score (nSPS) is 11.1. The van der Waals surface area contributed by atoms with Crippen LogP contribution in [0.15, 0.2) is 53.4 Å². The van der Waals surface area contributed by atoms with E-state index in [0.29, 0.717) is 0 Å². The SMILES string of the molecule is CCNS(=O)(=O)c1cccc(C(=O)OCCOc2ccccc2C)c1. The second kappa shape index (κ2) is 8.64. The third-order valence-electron chi connectivity index (χ3n) is 3.38. The minimum atomic E-state index is -3.61.